The number of hydrogen-bond acceptors (Lipinski definition) is 3. The fraction of sp³-hybridized carbons (Fsp3) is 0.333. The van der Waals surface area contributed by atoms with Crippen LogP contribution in [0.5, 0.6) is 0 Å². The van der Waals surface area contributed by atoms with Crippen LogP contribution in [0.2, 0.25) is 0 Å². The normalized spacial score (nSPS) is 11.6. The summed E-state index contributed by atoms with van der Waals surface area (Å²) in [5.41, 5.74) is 6.04. The maximum absolute atomic E-state index is 11.8. The van der Waals surface area contributed by atoms with Crippen molar-refractivity contribution in [2.45, 2.75) is 40.7 Å². The van der Waals surface area contributed by atoms with Crippen LogP contribution in [0.1, 0.15) is 52.5 Å². The van der Waals surface area contributed by atoms with Gasteiger partial charge in [0, 0.05) is 5.69 Å². The van der Waals surface area contributed by atoms with Crippen LogP contribution < -0.4 is 10.6 Å². The van der Waals surface area contributed by atoms with Gasteiger partial charge in [0.1, 0.15) is 0 Å². The molecule has 2 aromatic rings. The van der Waals surface area contributed by atoms with Gasteiger partial charge in [-0.1, -0.05) is 23.8 Å². The number of carbonyl (C=O) groups excluding carboxylic acids is 1. The van der Waals surface area contributed by atoms with Gasteiger partial charge in [0.25, 0.3) is 0 Å². The first-order valence-corrected chi connectivity index (χ1v) is 9.15. The first-order valence-electron chi connectivity index (χ1n) is 8.74. The molecule has 0 aliphatic carbocycles. The molecule has 0 saturated heterocycles. The highest BCUT2D eigenvalue weighted by Gasteiger charge is 2.12. The predicted octanol–water partition coefficient (Wildman–Crippen LogP) is 4.84. The van der Waals surface area contributed by atoms with Crippen molar-refractivity contribution >= 4 is 29.0 Å². The highest BCUT2D eigenvalue weighted by molar-refractivity contribution is 7.80. The Morgan fingerprint density at radius 2 is 1.85 bits per heavy atom. The van der Waals surface area contributed by atoms with E-state index in [-0.39, 0.29) is 12.0 Å². The zero-order valence-electron chi connectivity index (χ0n) is 16.0. The molecule has 0 aliphatic rings. The average molecular weight is 371 g/mol. The van der Waals surface area contributed by atoms with E-state index in [0.29, 0.717) is 17.3 Å². The molecular formula is C21H26N2O2S. The summed E-state index contributed by atoms with van der Waals surface area (Å²) in [6.45, 7) is 10.4. The van der Waals surface area contributed by atoms with Crippen LogP contribution in [-0.2, 0) is 4.74 Å². The van der Waals surface area contributed by atoms with Crippen molar-refractivity contribution in [1.29, 1.82) is 0 Å². The first kappa shape index (κ1) is 19.9. The number of esters is 1. The zero-order chi connectivity index (χ0) is 19.3. The van der Waals surface area contributed by atoms with Crippen molar-refractivity contribution in [3.8, 4) is 0 Å². The summed E-state index contributed by atoms with van der Waals surface area (Å²) in [5, 5.41) is 7.07. The topological polar surface area (TPSA) is 50.4 Å². The fourth-order valence-corrected chi connectivity index (χ4v) is 3.18. The lowest BCUT2D eigenvalue weighted by Gasteiger charge is -2.20. The molecule has 0 aromatic heterocycles. The molecule has 0 radical (unpaired) electrons. The van der Waals surface area contributed by atoms with Gasteiger partial charge in [-0.15, -0.1) is 0 Å². The maximum atomic E-state index is 11.8. The van der Waals surface area contributed by atoms with Gasteiger partial charge in [-0.05, 0) is 81.7 Å². The van der Waals surface area contributed by atoms with Crippen molar-refractivity contribution in [3.05, 3.63) is 64.2 Å². The monoisotopic (exact) mass is 370 g/mol. The van der Waals surface area contributed by atoms with Gasteiger partial charge < -0.3 is 15.4 Å². The number of carbonyl (C=O) groups is 1. The van der Waals surface area contributed by atoms with Crippen LogP contribution in [0.4, 0.5) is 5.69 Å². The molecule has 0 unspecified atom stereocenters. The molecule has 0 heterocycles. The highest BCUT2D eigenvalue weighted by Crippen LogP contribution is 2.20. The van der Waals surface area contributed by atoms with E-state index >= 15 is 0 Å². The van der Waals surface area contributed by atoms with Crippen molar-refractivity contribution < 1.29 is 9.53 Å². The molecule has 2 rings (SSSR count). The van der Waals surface area contributed by atoms with E-state index in [2.05, 4.69) is 49.6 Å². The SMILES string of the molecule is CCOC(=O)c1ccc(NC(=S)N[C@@H](C)c2ccc(C)cc2C)c(C)c1. The van der Waals surface area contributed by atoms with Crippen LogP contribution in [-0.4, -0.2) is 17.7 Å². The smallest absolute Gasteiger partial charge is 0.338 e. The number of aryl methyl sites for hydroxylation is 3. The third-order valence-corrected chi connectivity index (χ3v) is 4.45. The van der Waals surface area contributed by atoms with E-state index < -0.39 is 0 Å². The van der Waals surface area contributed by atoms with E-state index in [4.69, 9.17) is 17.0 Å². The molecule has 138 valence electrons. The largest absolute Gasteiger partial charge is 0.462 e. The Bertz CT molecular complexity index is 818. The Balaban J connectivity index is 2.04. The quantitative estimate of drug-likeness (QED) is 0.583. The molecule has 26 heavy (non-hydrogen) atoms. The number of benzene rings is 2. The van der Waals surface area contributed by atoms with E-state index in [9.17, 15) is 4.79 Å². The van der Waals surface area contributed by atoms with Crippen molar-refractivity contribution in [1.82, 2.24) is 5.32 Å². The number of thiocarbonyl (C=S) groups is 1. The minimum atomic E-state index is -0.314. The van der Waals surface area contributed by atoms with E-state index in [1.54, 1.807) is 19.1 Å². The lowest BCUT2D eigenvalue weighted by atomic mass is 10.0. The summed E-state index contributed by atoms with van der Waals surface area (Å²) in [6.07, 6.45) is 0. The second-order valence-corrected chi connectivity index (χ2v) is 6.84. The lowest BCUT2D eigenvalue weighted by Crippen LogP contribution is -2.31. The standard InChI is InChI=1S/C21H26N2O2S/c1-6-25-20(24)17-8-10-19(15(4)12-17)23-21(26)22-16(5)18-9-7-13(2)11-14(18)3/h7-12,16H,6H2,1-5H3,(H2,22,23,26)/t16-/m0/s1. The van der Waals surface area contributed by atoms with E-state index in [0.717, 1.165) is 11.3 Å². The molecule has 0 spiro atoms. The molecule has 2 N–H and O–H groups in total. The molecule has 4 nitrogen and oxygen atoms in total. The molecule has 1 atom stereocenters. The minimum absolute atomic E-state index is 0.0923. The summed E-state index contributed by atoms with van der Waals surface area (Å²) >= 11 is 5.45. The average Bonchev–Trinajstić information content (AvgIpc) is 2.56. The molecule has 0 fully saturated rings. The van der Waals surface area contributed by atoms with Crippen molar-refractivity contribution in [2.75, 3.05) is 11.9 Å². The number of hydrogen-bond donors (Lipinski definition) is 2. The van der Waals surface area contributed by atoms with Gasteiger partial charge in [0.05, 0.1) is 18.2 Å². The van der Waals surface area contributed by atoms with E-state index in [1.807, 2.05) is 13.0 Å². The Hall–Kier alpha value is -2.40. The van der Waals surface area contributed by atoms with Crippen LogP contribution in [0, 0.1) is 20.8 Å². The van der Waals surface area contributed by atoms with Crippen LogP contribution in [0.25, 0.3) is 0 Å². The third-order valence-electron chi connectivity index (χ3n) is 4.23. The van der Waals surface area contributed by atoms with Gasteiger partial charge in [-0.2, -0.15) is 0 Å². The third kappa shape index (κ3) is 5.05. The predicted molar refractivity (Wildman–Crippen MR) is 111 cm³/mol. The Labute approximate surface area is 161 Å². The van der Waals surface area contributed by atoms with Crippen LogP contribution >= 0.6 is 12.2 Å². The summed E-state index contributed by atoms with van der Waals surface area (Å²) in [7, 11) is 0. The fourth-order valence-electron chi connectivity index (χ4n) is 2.89. The van der Waals surface area contributed by atoms with Gasteiger partial charge in [-0.3, -0.25) is 0 Å². The number of ether oxygens (including phenoxy) is 1. The molecule has 0 aliphatic heterocycles. The minimum Gasteiger partial charge on any atom is -0.462 e. The second kappa shape index (κ2) is 8.81. The number of nitrogens with one attached hydrogen (secondary N) is 2. The number of anilines is 1. The summed E-state index contributed by atoms with van der Waals surface area (Å²) < 4.78 is 5.03. The van der Waals surface area contributed by atoms with E-state index in [1.165, 1.54) is 16.7 Å². The zero-order valence-corrected chi connectivity index (χ0v) is 16.8. The Morgan fingerprint density at radius 3 is 2.46 bits per heavy atom. The van der Waals surface area contributed by atoms with Gasteiger partial charge in [0.15, 0.2) is 5.11 Å². The molecule has 0 saturated carbocycles. The van der Waals surface area contributed by atoms with Gasteiger partial charge in [0.2, 0.25) is 0 Å². The van der Waals surface area contributed by atoms with Gasteiger partial charge in [-0.25, -0.2) is 4.79 Å². The molecule has 5 heteroatoms. The van der Waals surface area contributed by atoms with Crippen molar-refractivity contribution in [2.24, 2.45) is 0 Å². The molecule has 2 aromatic carbocycles. The first-order chi connectivity index (χ1) is 12.3. The Morgan fingerprint density at radius 1 is 1.12 bits per heavy atom. The molecule has 0 bridgehead atoms. The highest BCUT2D eigenvalue weighted by atomic mass is 32.1. The summed E-state index contributed by atoms with van der Waals surface area (Å²) in [6, 6.07) is 11.9. The lowest BCUT2D eigenvalue weighted by molar-refractivity contribution is 0.0526. The second-order valence-electron chi connectivity index (χ2n) is 6.43. The van der Waals surface area contributed by atoms with Crippen LogP contribution in [0.15, 0.2) is 36.4 Å². The maximum Gasteiger partial charge on any atom is 0.338 e. The number of rotatable bonds is 5. The molecular weight excluding hydrogens is 344 g/mol. The Kier molecular flexibility index (Phi) is 6.75. The van der Waals surface area contributed by atoms with Crippen LogP contribution in [0.3, 0.4) is 0 Å². The molecule has 0 amide bonds. The summed E-state index contributed by atoms with van der Waals surface area (Å²) in [4.78, 5) is 11.8. The van der Waals surface area contributed by atoms with Crippen molar-refractivity contribution in [3.63, 3.8) is 0 Å². The van der Waals surface area contributed by atoms with Gasteiger partial charge >= 0.3 is 5.97 Å². The summed E-state index contributed by atoms with van der Waals surface area (Å²) in [5.74, 6) is -0.314.